The van der Waals surface area contributed by atoms with Gasteiger partial charge in [0.1, 0.15) is 0 Å². The molecule has 76 valence electrons. The van der Waals surface area contributed by atoms with Gasteiger partial charge in [-0.05, 0) is 29.8 Å². The number of nitro groups is 1. The van der Waals surface area contributed by atoms with E-state index in [2.05, 4.69) is 26.2 Å². The third-order valence-electron chi connectivity index (χ3n) is 1.93. The summed E-state index contributed by atoms with van der Waals surface area (Å²) in [5.41, 5.74) is 1.34. The van der Waals surface area contributed by atoms with Crippen molar-refractivity contribution >= 4 is 27.4 Å². The smallest absolute Gasteiger partial charge is 0.315 e. The van der Waals surface area contributed by atoms with Crippen molar-refractivity contribution in [2.45, 2.75) is 13.8 Å². The zero-order chi connectivity index (χ0) is 10.9. The second-order valence-corrected chi connectivity index (χ2v) is 3.63. The lowest BCUT2D eigenvalue weighted by atomic mass is 10.2. The van der Waals surface area contributed by atoms with Crippen LogP contribution in [0.5, 0.6) is 0 Å². The van der Waals surface area contributed by atoms with Crippen LogP contribution in [-0.2, 0) is 0 Å². The Bertz CT molecular complexity index is 393. The lowest BCUT2D eigenvalue weighted by Crippen LogP contribution is -2.03. The van der Waals surface area contributed by atoms with Gasteiger partial charge in [-0.15, -0.1) is 0 Å². The lowest BCUT2D eigenvalue weighted by Gasteiger charge is -2.07. The largest absolute Gasteiger partial charge is 0.367 e. The molecular formula is C8H10BrN3O2. The molecule has 14 heavy (non-hydrogen) atoms. The molecule has 0 aliphatic rings. The second-order valence-electron chi connectivity index (χ2n) is 2.84. The van der Waals surface area contributed by atoms with Crippen molar-refractivity contribution in [3.05, 3.63) is 25.8 Å². The highest BCUT2D eigenvalue weighted by molar-refractivity contribution is 9.10. The molecule has 0 spiro atoms. The van der Waals surface area contributed by atoms with E-state index in [0.717, 1.165) is 5.69 Å². The number of rotatable bonds is 2. The van der Waals surface area contributed by atoms with Crippen LogP contribution >= 0.6 is 15.9 Å². The van der Waals surface area contributed by atoms with E-state index in [4.69, 9.17) is 0 Å². The van der Waals surface area contributed by atoms with Gasteiger partial charge < -0.3 is 5.32 Å². The summed E-state index contributed by atoms with van der Waals surface area (Å²) in [5, 5.41) is 13.5. The molecule has 0 amide bonds. The maximum Gasteiger partial charge on any atom is 0.315 e. The van der Waals surface area contributed by atoms with Gasteiger partial charge in [0, 0.05) is 17.1 Å². The molecule has 0 aliphatic heterocycles. The molecule has 0 bridgehead atoms. The van der Waals surface area contributed by atoms with Gasteiger partial charge in [-0.3, -0.25) is 10.1 Å². The Morgan fingerprint density at radius 2 is 2.07 bits per heavy atom. The fourth-order valence-corrected chi connectivity index (χ4v) is 1.50. The Morgan fingerprint density at radius 3 is 2.50 bits per heavy atom. The van der Waals surface area contributed by atoms with Crippen molar-refractivity contribution in [2.75, 3.05) is 12.4 Å². The van der Waals surface area contributed by atoms with Gasteiger partial charge in [0.05, 0.1) is 10.6 Å². The lowest BCUT2D eigenvalue weighted by molar-refractivity contribution is -0.384. The van der Waals surface area contributed by atoms with Gasteiger partial charge in [0.25, 0.3) is 0 Å². The van der Waals surface area contributed by atoms with Gasteiger partial charge in [-0.2, -0.15) is 0 Å². The number of halogens is 1. The minimum atomic E-state index is -0.432. The highest BCUT2D eigenvalue weighted by atomic mass is 79.9. The van der Waals surface area contributed by atoms with Crippen LogP contribution in [0.25, 0.3) is 0 Å². The summed E-state index contributed by atoms with van der Waals surface area (Å²) in [6, 6.07) is 0. The SMILES string of the molecule is CNc1nc(C)c(Br)c(C)c1[N+](=O)[O-]. The van der Waals surface area contributed by atoms with Gasteiger partial charge in [-0.1, -0.05) is 0 Å². The van der Waals surface area contributed by atoms with E-state index in [1.807, 2.05) is 0 Å². The van der Waals surface area contributed by atoms with E-state index < -0.39 is 4.92 Å². The van der Waals surface area contributed by atoms with Crippen LogP contribution in [0.1, 0.15) is 11.3 Å². The molecule has 1 N–H and O–H groups in total. The number of aryl methyl sites for hydroxylation is 1. The Labute approximate surface area is 89.8 Å². The quantitative estimate of drug-likeness (QED) is 0.654. The highest BCUT2D eigenvalue weighted by Gasteiger charge is 2.21. The number of hydrogen-bond donors (Lipinski definition) is 1. The van der Waals surface area contributed by atoms with Crippen LogP contribution in [0, 0.1) is 24.0 Å². The summed E-state index contributed by atoms with van der Waals surface area (Å²) >= 11 is 3.27. The molecule has 0 aromatic carbocycles. The third-order valence-corrected chi connectivity index (χ3v) is 3.09. The fourth-order valence-electron chi connectivity index (χ4n) is 1.22. The van der Waals surface area contributed by atoms with Gasteiger partial charge in [-0.25, -0.2) is 4.98 Å². The minimum absolute atomic E-state index is 0.0185. The maximum atomic E-state index is 10.8. The zero-order valence-corrected chi connectivity index (χ0v) is 9.67. The number of nitrogens with zero attached hydrogens (tertiary/aromatic N) is 2. The summed E-state index contributed by atoms with van der Waals surface area (Å²) in [6.45, 7) is 3.49. The van der Waals surface area contributed by atoms with Crippen molar-refractivity contribution in [3.8, 4) is 0 Å². The molecule has 0 saturated heterocycles. The third kappa shape index (κ3) is 1.70. The zero-order valence-electron chi connectivity index (χ0n) is 8.09. The summed E-state index contributed by atoms with van der Waals surface area (Å²) in [4.78, 5) is 14.4. The fraction of sp³-hybridized carbons (Fsp3) is 0.375. The summed E-state index contributed by atoms with van der Waals surface area (Å²) < 4.78 is 0.684. The molecule has 0 radical (unpaired) electrons. The monoisotopic (exact) mass is 259 g/mol. The number of aromatic nitrogens is 1. The van der Waals surface area contributed by atoms with Crippen LogP contribution in [0.2, 0.25) is 0 Å². The Kier molecular flexibility index (Phi) is 3.05. The van der Waals surface area contributed by atoms with Crippen LogP contribution < -0.4 is 5.32 Å². The van der Waals surface area contributed by atoms with Crippen molar-refractivity contribution in [3.63, 3.8) is 0 Å². The van der Waals surface area contributed by atoms with E-state index in [9.17, 15) is 10.1 Å². The Hall–Kier alpha value is -1.17. The summed E-state index contributed by atoms with van der Waals surface area (Å²) in [6.07, 6.45) is 0. The number of nitrogens with one attached hydrogen (secondary N) is 1. The number of pyridine rings is 1. The van der Waals surface area contributed by atoms with E-state index in [1.54, 1.807) is 20.9 Å². The molecule has 1 aromatic heterocycles. The predicted octanol–water partition coefficient (Wildman–Crippen LogP) is 2.41. The first-order chi connectivity index (χ1) is 6.49. The average molecular weight is 260 g/mol. The van der Waals surface area contributed by atoms with E-state index in [-0.39, 0.29) is 5.69 Å². The van der Waals surface area contributed by atoms with E-state index >= 15 is 0 Å². The molecule has 0 atom stereocenters. The van der Waals surface area contributed by atoms with E-state index in [1.165, 1.54) is 0 Å². The van der Waals surface area contributed by atoms with Crippen LogP contribution in [0.3, 0.4) is 0 Å². The summed E-state index contributed by atoms with van der Waals surface area (Å²) in [7, 11) is 1.61. The molecule has 5 nitrogen and oxygen atoms in total. The van der Waals surface area contributed by atoms with Gasteiger partial charge in [0.2, 0.25) is 5.82 Å². The molecule has 0 fully saturated rings. The minimum Gasteiger partial charge on any atom is -0.367 e. The molecule has 0 saturated carbocycles. The maximum absolute atomic E-state index is 10.8. The molecule has 6 heteroatoms. The second kappa shape index (κ2) is 3.91. The number of anilines is 1. The molecule has 0 aliphatic carbocycles. The van der Waals surface area contributed by atoms with Crippen molar-refractivity contribution in [1.82, 2.24) is 4.98 Å². The highest BCUT2D eigenvalue weighted by Crippen LogP contribution is 2.33. The Balaban J connectivity index is 3.53. The van der Waals surface area contributed by atoms with Crippen LogP contribution in [-0.4, -0.2) is 17.0 Å². The van der Waals surface area contributed by atoms with Crippen LogP contribution in [0.15, 0.2) is 4.47 Å². The standard InChI is InChI=1S/C8H10BrN3O2/c1-4-6(9)5(2)11-8(10-3)7(4)12(13)14/h1-3H3,(H,10,11). The normalized spacial score (nSPS) is 10.0. The summed E-state index contributed by atoms with van der Waals surface area (Å²) in [5.74, 6) is 0.299. The number of hydrogen-bond acceptors (Lipinski definition) is 4. The predicted molar refractivity (Wildman–Crippen MR) is 57.6 cm³/mol. The average Bonchev–Trinajstić information content (AvgIpc) is 2.12. The first-order valence-electron chi connectivity index (χ1n) is 3.97. The molecule has 1 aromatic rings. The molecular weight excluding hydrogens is 250 g/mol. The first kappa shape index (κ1) is 10.9. The van der Waals surface area contributed by atoms with E-state index in [0.29, 0.717) is 15.9 Å². The van der Waals surface area contributed by atoms with Gasteiger partial charge in [0.15, 0.2) is 0 Å². The van der Waals surface area contributed by atoms with Crippen LogP contribution in [0.4, 0.5) is 11.5 Å². The molecule has 0 unspecified atom stereocenters. The van der Waals surface area contributed by atoms with Crippen molar-refractivity contribution in [1.29, 1.82) is 0 Å². The molecule has 1 rings (SSSR count). The first-order valence-corrected chi connectivity index (χ1v) is 4.77. The Morgan fingerprint density at radius 1 is 1.50 bits per heavy atom. The van der Waals surface area contributed by atoms with Gasteiger partial charge >= 0.3 is 5.69 Å². The molecule has 1 heterocycles. The van der Waals surface area contributed by atoms with Crippen molar-refractivity contribution < 1.29 is 4.92 Å². The van der Waals surface area contributed by atoms with Crippen molar-refractivity contribution in [2.24, 2.45) is 0 Å². The topological polar surface area (TPSA) is 68.1 Å².